The number of hydrogen-bond acceptors (Lipinski definition) is 4. The second-order valence-electron chi connectivity index (χ2n) is 7.59. The summed E-state index contributed by atoms with van der Waals surface area (Å²) in [6, 6.07) is 6.16. The highest BCUT2D eigenvalue weighted by Gasteiger charge is 2.26. The molecular formula is C22H26F3N3O4S. The van der Waals surface area contributed by atoms with E-state index in [9.17, 15) is 31.2 Å². The van der Waals surface area contributed by atoms with Crippen molar-refractivity contribution in [3.8, 4) is 0 Å². The molecule has 2 aromatic carbocycles. The van der Waals surface area contributed by atoms with E-state index < -0.39 is 58.1 Å². The third-order valence-electron chi connectivity index (χ3n) is 5.03. The van der Waals surface area contributed by atoms with Gasteiger partial charge in [0.25, 0.3) is 0 Å². The lowest BCUT2D eigenvalue weighted by Crippen LogP contribution is -2.44. The van der Waals surface area contributed by atoms with Gasteiger partial charge in [-0.1, -0.05) is 13.0 Å². The van der Waals surface area contributed by atoms with Gasteiger partial charge in [0.2, 0.25) is 21.8 Å². The molecule has 0 aliphatic rings. The van der Waals surface area contributed by atoms with Crippen LogP contribution in [0.5, 0.6) is 0 Å². The molecule has 0 fully saturated rings. The predicted octanol–water partition coefficient (Wildman–Crippen LogP) is 3.22. The molecule has 33 heavy (non-hydrogen) atoms. The molecule has 0 bridgehead atoms. The number of amides is 2. The van der Waals surface area contributed by atoms with Crippen molar-refractivity contribution in [2.75, 3.05) is 32.0 Å². The second-order valence-corrected chi connectivity index (χ2v) is 9.64. The molecule has 0 heterocycles. The minimum atomic E-state index is -3.95. The maximum absolute atomic E-state index is 13.8. The smallest absolute Gasteiger partial charge is 0.244 e. The zero-order chi connectivity index (χ0) is 24.9. The molecule has 0 aliphatic carbocycles. The molecule has 0 aliphatic heterocycles. The number of rotatable bonds is 9. The van der Waals surface area contributed by atoms with Crippen LogP contribution >= 0.6 is 0 Å². The lowest BCUT2D eigenvalue weighted by Gasteiger charge is -2.25. The Morgan fingerprint density at radius 3 is 2.24 bits per heavy atom. The van der Waals surface area contributed by atoms with Crippen molar-refractivity contribution in [2.45, 2.75) is 32.1 Å². The first-order valence-electron chi connectivity index (χ1n) is 10.1. The minimum absolute atomic E-state index is 0.0366. The lowest BCUT2D eigenvalue weighted by molar-refractivity contribution is -0.134. The standard InChI is InChI=1S/C22H26F3N3O4S/c1-5-10-28(12-19(29)26-18-9-8-17(23)21(24)22(18)25)20(30)13-27(4)33(31,32)16-7-6-14(2)15(3)11-16/h6-9,11H,5,10,12-13H2,1-4H3,(H,26,29). The third kappa shape index (κ3) is 6.32. The molecule has 0 radical (unpaired) electrons. The van der Waals surface area contributed by atoms with Crippen LogP contribution in [0.15, 0.2) is 35.2 Å². The Labute approximate surface area is 191 Å². The summed E-state index contributed by atoms with van der Waals surface area (Å²) in [5.74, 6) is -6.18. The van der Waals surface area contributed by atoms with E-state index in [1.54, 1.807) is 19.9 Å². The van der Waals surface area contributed by atoms with Crippen LogP contribution in [-0.4, -0.2) is 56.1 Å². The zero-order valence-corrected chi connectivity index (χ0v) is 19.6. The molecular weight excluding hydrogens is 459 g/mol. The van der Waals surface area contributed by atoms with Crippen molar-refractivity contribution in [1.29, 1.82) is 0 Å². The third-order valence-corrected chi connectivity index (χ3v) is 6.83. The number of benzene rings is 2. The van der Waals surface area contributed by atoms with Crippen LogP contribution < -0.4 is 5.32 Å². The number of halogens is 3. The van der Waals surface area contributed by atoms with Crippen LogP contribution in [0.1, 0.15) is 24.5 Å². The lowest BCUT2D eigenvalue weighted by atomic mass is 10.1. The topological polar surface area (TPSA) is 86.8 Å². The molecule has 0 unspecified atom stereocenters. The summed E-state index contributed by atoms with van der Waals surface area (Å²) in [4.78, 5) is 26.2. The van der Waals surface area contributed by atoms with Crippen LogP contribution in [0.3, 0.4) is 0 Å². The van der Waals surface area contributed by atoms with E-state index in [1.807, 2.05) is 6.92 Å². The summed E-state index contributed by atoms with van der Waals surface area (Å²) in [5, 5.41) is 2.10. The van der Waals surface area contributed by atoms with E-state index in [4.69, 9.17) is 0 Å². The van der Waals surface area contributed by atoms with Crippen LogP contribution in [0, 0.1) is 31.3 Å². The van der Waals surface area contributed by atoms with E-state index >= 15 is 0 Å². The van der Waals surface area contributed by atoms with Gasteiger partial charge in [0.05, 0.1) is 23.7 Å². The van der Waals surface area contributed by atoms with Crippen molar-refractivity contribution in [2.24, 2.45) is 0 Å². The summed E-state index contributed by atoms with van der Waals surface area (Å²) in [7, 11) is -2.70. The first-order valence-corrected chi connectivity index (χ1v) is 11.6. The van der Waals surface area contributed by atoms with Crippen molar-refractivity contribution >= 4 is 27.5 Å². The Morgan fingerprint density at radius 1 is 0.970 bits per heavy atom. The maximum atomic E-state index is 13.8. The first-order chi connectivity index (χ1) is 15.4. The summed E-state index contributed by atoms with van der Waals surface area (Å²) >= 11 is 0. The predicted molar refractivity (Wildman–Crippen MR) is 118 cm³/mol. The summed E-state index contributed by atoms with van der Waals surface area (Å²) in [6.45, 7) is 4.45. The van der Waals surface area contributed by atoms with Gasteiger partial charge in [-0.05, 0) is 55.7 Å². The normalized spacial score (nSPS) is 11.5. The molecule has 2 aromatic rings. The van der Waals surface area contributed by atoms with E-state index in [-0.39, 0.29) is 11.4 Å². The SMILES string of the molecule is CCCN(CC(=O)Nc1ccc(F)c(F)c1F)C(=O)CN(C)S(=O)(=O)c1ccc(C)c(C)c1. The number of nitrogens with zero attached hydrogens (tertiary/aromatic N) is 2. The van der Waals surface area contributed by atoms with Crippen molar-refractivity contribution in [1.82, 2.24) is 9.21 Å². The fourth-order valence-electron chi connectivity index (χ4n) is 2.98. The van der Waals surface area contributed by atoms with Crippen molar-refractivity contribution < 1.29 is 31.2 Å². The molecule has 1 N–H and O–H groups in total. The zero-order valence-electron chi connectivity index (χ0n) is 18.8. The van der Waals surface area contributed by atoms with Gasteiger partial charge in [0.15, 0.2) is 17.5 Å². The number of carbonyl (C=O) groups excluding carboxylic acids is 2. The quantitative estimate of drug-likeness (QED) is 0.553. The van der Waals surface area contributed by atoms with Gasteiger partial charge >= 0.3 is 0 Å². The van der Waals surface area contributed by atoms with Crippen LogP contribution in [0.25, 0.3) is 0 Å². The van der Waals surface area contributed by atoms with E-state index in [2.05, 4.69) is 5.32 Å². The Balaban J connectivity index is 2.11. The monoisotopic (exact) mass is 485 g/mol. The van der Waals surface area contributed by atoms with E-state index in [0.717, 1.165) is 26.4 Å². The Bertz CT molecular complexity index is 1160. The number of anilines is 1. The maximum Gasteiger partial charge on any atom is 0.244 e. The number of nitrogens with one attached hydrogen (secondary N) is 1. The van der Waals surface area contributed by atoms with Gasteiger partial charge in [-0.2, -0.15) is 4.31 Å². The molecule has 0 spiro atoms. The highest BCUT2D eigenvalue weighted by Crippen LogP contribution is 2.20. The van der Waals surface area contributed by atoms with Crippen molar-refractivity contribution in [3.63, 3.8) is 0 Å². The van der Waals surface area contributed by atoms with Gasteiger partial charge in [-0.3, -0.25) is 9.59 Å². The van der Waals surface area contributed by atoms with Gasteiger partial charge < -0.3 is 10.2 Å². The molecule has 2 rings (SSSR count). The summed E-state index contributed by atoms with van der Waals surface area (Å²) in [6.07, 6.45) is 0.464. The Kier molecular flexibility index (Phi) is 8.62. The summed E-state index contributed by atoms with van der Waals surface area (Å²) in [5.41, 5.74) is 1.13. The fourth-order valence-corrected chi connectivity index (χ4v) is 4.18. The van der Waals surface area contributed by atoms with Crippen LogP contribution in [-0.2, 0) is 19.6 Å². The molecule has 0 atom stereocenters. The molecule has 11 heteroatoms. The number of likely N-dealkylation sites (N-methyl/N-ethyl adjacent to an activating group) is 1. The molecule has 2 amide bonds. The number of aryl methyl sites for hydroxylation is 2. The van der Waals surface area contributed by atoms with Crippen molar-refractivity contribution in [3.05, 3.63) is 58.9 Å². The molecule has 0 aromatic heterocycles. The minimum Gasteiger partial charge on any atom is -0.332 e. The highest BCUT2D eigenvalue weighted by atomic mass is 32.2. The van der Waals surface area contributed by atoms with E-state index in [0.29, 0.717) is 12.5 Å². The second kappa shape index (κ2) is 10.8. The number of sulfonamides is 1. The average Bonchev–Trinajstić information content (AvgIpc) is 2.75. The molecule has 0 saturated carbocycles. The van der Waals surface area contributed by atoms with Crippen LogP contribution in [0.4, 0.5) is 18.9 Å². The molecule has 180 valence electrons. The molecule has 0 saturated heterocycles. The summed E-state index contributed by atoms with van der Waals surface area (Å²) < 4.78 is 66.8. The van der Waals surface area contributed by atoms with Gasteiger partial charge in [0, 0.05) is 13.6 Å². The molecule has 7 nitrogen and oxygen atoms in total. The highest BCUT2D eigenvalue weighted by molar-refractivity contribution is 7.89. The van der Waals surface area contributed by atoms with Gasteiger partial charge in [-0.15, -0.1) is 0 Å². The van der Waals surface area contributed by atoms with E-state index in [1.165, 1.54) is 19.2 Å². The largest absolute Gasteiger partial charge is 0.332 e. The van der Waals surface area contributed by atoms with Gasteiger partial charge in [0.1, 0.15) is 0 Å². The first kappa shape index (κ1) is 26.3. The Hall–Kier alpha value is -2.92. The van der Waals surface area contributed by atoms with Crippen LogP contribution in [0.2, 0.25) is 0 Å². The van der Waals surface area contributed by atoms with Gasteiger partial charge in [-0.25, -0.2) is 21.6 Å². The number of hydrogen-bond donors (Lipinski definition) is 1. The average molecular weight is 486 g/mol. The number of carbonyl (C=O) groups is 2. The Morgan fingerprint density at radius 2 is 1.64 bits per heavy atom. The fraction of sp³-hybridized carbons (Fsp3) is 0.364.